The topological polar surface area (TPSA) is 58.1 Å². The van der Waals surface area contributed by atoms with Gasteiger partial charge in [-0.1, -0.05) is 62.4 Å². The summed E-state index contributed by atoms with van der Waals surface area (Å²) >= 11 is 0. The first-order valence-corrected chi connectivity index (χ1v) is 9.44. The molecule has 28 heavy (non-hydrogen) atoms. The van der Waals surface area contributed by atoms with Gasteiger partial charge in [-0.2, -0.15) is 0 Å². The van der Waals surface area contributed by atoms with E-state index >= 15 is 0 Å². The molecular formula is C23H26N4O. The van der Waals surface area contributed by atoms with Gasteiger partial charge < -0.3 is 10.2 Å². The van der Waals surface area contributed by atoms with Crippen molar-refractivity contribution in [3.05, 3.63) is 83.2 Å². The van der Waals surface area contributed by atoms with Crippen molar-refractivity contribution in [1.82, 2.24) is 14.9 Å². The van der Waals surface area contributed by atoms with Crippen molar-refractivity contribution < 1.29 is 4.79 Å². The van der Waals surface area contributed by atoms with Gasteiger partial charge in [0.25, 0.3) is 5.91 Å². The van der Waals surface area contributed by atoms with Crippen LogP contribution >= 0.6 is 0 Å². The molecular weight excluding hydrogens is 348 g/mol. The highest BCUT2D eigenvalue weighted by Gasteiger charge is 2.16. The number of nitrogens with one attached hydrogen (secondary N) is 1. The van der Waals surface area contributed by atoms with Gasteiger partial charge >= 0.3 is 0 Å². The van der Waals surface area contributed by atoms with Crippen LogP contribution < -0.4 is 5.32 Å². The Morgan fingerprint density at radius 2 is 1.82 bits per heavy atom. The molecule has 0 aliphatic carbocycles. The lowest BCUT2D eigenvalue weighted by Crippen LogP contribution is -2.27. The van der Waals surface area contributed by atoms with Crippen LogP contribution in [0.15, 0.2) is 60.8 Å². The summed E-state index contributed by atoms with van der Waals surface area (Å²) in [5.41, 5.74) is 4.76. The summed E-state index contributed by atoms with van der Waals surface area (Å²) in [6.45, 7) is 6.89. The normalized spacial score (nSPS) is 10.8. The number of amides is 1. The van der Waals surface area contributed by atoms with Crippen LogP contribution in [-0.2, 0) is 6.54 Å². The van der Waals surface area contributed by atoms with Gasteiger partial charge in [-0.25, -0.2) is 9.97 Å². The fraction of sp³-hybridized carbons (Fsp3) is 0.261. The second kappa shape index (κ2) is 8.65. The molecule has 0 saturated carbocycles. The molecule has 1 heterocycles. The lowest BCUT2D eigenvalue weighted by molar-refractivity contribution is 0.0779. The number of hydrogen-bond donors (Lipinski definition) is 1. The first kappa shape index (κ1) is 19.5. The van der Waals surface area contributed by atoms with Crippen LogP contribution in [0.4, 0.5) is 11.6 Å². The standard InChI is InChI=1S/C23H26N4O/c1-16(2)19-12-8-9-17(3)21(19)26-23-24-14-13-20(25-23)22(28)27(4)15-18-10-6-5-7-11-18/h5-14,16H,15H2,1-4H3,(H,24,25,26). The molecule has 0 aliphatic rings. The fourth-order valence-corrected chi connectivity index (χ4v) is 3.12. The molecule has 0 saturated heterocycles. The van der Waals surface area contributed by atoms with Crippen LogP contribution in [0, 0.1) is 6.92 Å². The largest absolute Gasteiger partial charge is 0.336 e. The third kappa shape index (κ3) is 4.55. The number of carbonyl (C=O) groups is 1. The van der Waals surface area contributed by atoms with E-state index in [9.17, 15) is 4.79 Å². The molecule has 0 fully saturated rings. The van der Waals surface area contributed by atoms with Crippen LogP contribution in [0.3, 0.4) is 0 Å². The molecule has 5 heteroatoms. The van der Waals surface area contributed by atoms with Gasteiger partial charge in [0.15, 0.2) is 0 Å². The average molecular weight is 374 g/mol. The molecule has 0 atom stereocenters. The second-order valence-electron chi connectivity index (χ2n) is 7.23. The lowest BCUT2D eigenvalue weighted by Gasteiger charge is -2.18. The number of anilines is 2. The number of benzene rings is 2. The molecule has 3 rings (SSSR count). The Bertz CT molecular complexity index is 954. The monoisotopic (exact) mass is 374 g/mol. The Balaban J connectivity index is 1.80. The molecule has 0 bridgehead atoms. The van der Waals surface area contributed by atoms with E-state index < -0.39 is 0 Å². The number of aryl methyl sites for hydroxylation is 1. The fourth-order valence-electron chi connectivity index (χ4n) is 3.12. The highest BCUT2D eigenvalue weighted by molar-refractivity contribution is 5.92. The molecule has 0 unspecified atom stereocenters. The summed E-state index contributed by atoms with van der Waals surface area (Å²) < 4.78 is 0. The number of nitrogens with zero attached hydrogens (tertiary/aromatic N) is 3. The van der Waals surface area contributed by atoms with Crippen LogP contribution in [0.1, 0.15) is 46.9 Å². The van der Waals surface area contributed by atoms with E-state index in [1.807, 2.05) is 30.3 Å². The molecule has 144 valence electrons. The first-order valence-electron chi connectivity index (χ1n) is 9.44. The predicted molar refractivity (Wildman–Crippen MR) is 113 cm³/mol. The first-order chi connectivity index (χ1) is 13.5. The van der Waals surface area contributed by atoms with E-state index in [4.69, 9.17) is 0 Å². The minimum atomic E-state index is -0.136. The summed E-state index contributed by atoms with van der Waals surface area (Å²) in [5, 5.41) is 3.31. The van der Waals surface area contributed by atoms with Crippen molar-refractivity contribution in [2.45, 2.75) is 33.2 Å². The Labute approximate surface area is 166 Å². The van der Waals surface area contributed by atoms with Crippen molar-refractivity contribution in [3.63, 3.8) is 0 Å². The summed E-state index contributed by atoms with van der Waals surface area (Å²) in [6, 6.07) is 17.8. The second-order valence-corrected chi connectivity index (χ2v) is 7.23. The quantitative estimate of drug-likeness (QED) is 0.665. The van der Waals surface area contributed by atoms with Gasteiger partial charge in [0, 0.05) is 25.5 Å². The van der Waals surface area contributed by atoms with Gasteiger partial charge in [0.1, 0.15) is 5.69 Å². The molecule has 1 aromatic heterocycles. The van der Waals surface area contributed by atoms with Gasteiger partial charge in [-0.05, 0) is 35.6 Å². The summed E-state index contributed by atoms with van der Waals surface area (Å²) in [4.78, 5) is 23.2. The van der Waals surface area contributed by atoms with E-state index in [0.717, 1.165) is 16.8 Å². The lowest BCUT2D eigenvalue weighted by atomic mass is 9.98. The average Bonchev–Trinajstić information content (AvgIpc) is 2.69. The zero-order valence-corrected chi connectivity index (χ0v) is 16.8. The molecule has 0 aliphatic heterocycles. The number of carbonyl (C=O) groups excluding carboxylic acids is 1. The number of rotatable bonds is 6. The molecule has 2 aromatic carbocycles. The number of aromatic nitrogens is 2. The smallest absolute Gasteiger partial charge is 0.272 e. The third-order valence-corrected chi connectivity index (χ3v) is 4.65. The SMILES string of the molecule is Cc1cccc(C(C)C)c1Nc1nccc(C(=O)N(C)Cc2ccccc2)n1. The molecule has 0 radical (unpaired) electrons. The van der Waals surface area contributed by atoms with Crippen LogP contribution in [0.25, 0.3) is 0 Å². The Morgan fingerprint density at radius 1 is 1.07 bits per heavy atom. The Hall–Kier alpha value is -3.21. The maximum atomic E-state index is 12.8. The summed E-state index contributed by atoms with van der Waals surface area (Å²) in [7, 11) is 1.78. The number of hydrogen-bond acceptors (Lipinski definition) is 4. The van der Waals surface area contributed by atoms with E-state index in [0.29, 0.717) is 24.1 Å². The maximum absolute atomic E-state index is 12.8. The van der Waals surface area contributed by atoms with Crippen molar-refractivity contribution in [3.8, 4) is 0 Å². The molecule has 5 nitrogen and oxygen atoms in total. The van der Waals surface area contributed by atoms with E-state index in [-0.39, 0.29) is 5.91 Å². The minimum Gasteiger partial charge on any atom is -0.336 e. The van der Waals surface area contributed by atoms with Gasteiger partial charge in [0.2, 0.25) is 5.95 Å². The maximum Gasteiger partial charge on any atom is 0.272 e. The van der Waals surface area contributed by atoms with Crippen molar-refractivity contribution in [1.29, 1.82) is 0 Å². The highest BCUT2D eigenvalue weighted by atomic mass is 16.2. The Kier molecular flexibility index (Phi) is 6.04. The van der Waals surface area contributed by atoms with Gasteiger partial charge in [-0.15, -0.1) is 0 Å². The van der Waals surface area contributed by atoms with E-state index in [1.165, 1.54) is 5.56 Å². The summed E-state index contributed by atoms with van der Waals surface area (Å²) in [6.07, 6.45) is 1.62. The molecule has 3 aromatic rings. The number of para-hydroxylation sites is 1. The minimum absolute atomic E-state index is 0.136. The van der Waals surface area contributed by atoms with E-state index in [2.05, 4.69) is 54.3 Å². The van der Waals surface area contributed by atoms with Gasteiger partial charge in [-0.3, -0.25) is 4.79 Å². The third-order valence-electron chi connectivity index (χ3n) is 4.65. The van der Waals surface area contributed by atoms with Crippen LogP contribution in [-0.4, -0.2) is 27.8 Å². The summed E-state index contributed by atoms with van der Waals surface area (Å²) in [5.74, 6) is 0.655. The van der Waals surface area contributed by atoms with Crippen molar-refractivity contribution in [2.24, 2.45) is 0 Å². The van der Waals surface area contributed by atoms with Crippen molar-refractivity contribution >= 4 is 17.5 Å². The van der Waals surface area contributed by atoms with Crippen LogP contribution in [0.2, 0.25) is 0 Å². The highest BCUT2D eigenvalue weighted by Crippen LogP contribution is 2.29. The van der Waals surface area contributed by atoms with Crippen LogP contribution in [0.5, 0.6) is 0 Å². The molecule has 0 spiro atoms. The molecule has 1 amide bonds. The zero-order chi connectivity index (χ0) is 20.1. The predicted octanol–water partition coefficient (Wildman–Crippen LogP) is 4.92. The molecule has 1 N–H and O–H groups in total. The van der Waals surface area contributed by atoms with Crippen molar-refractivity contribution in [2.75, 3.05) is 12.4 Å². The van der Waals surface area contributed by atoms with E-state index in [1.54, 1.807) is 24.2 Å². The Morgan fingerprint density at radius 3 is 2.54 bits per heavy atom. The van der Waals surface area contributed by atoms with Gasteiger partial charge in [0.05, 0.1) is 0 Å². The zero-order valence-electron chi connectivity index (χ0n) is 16.8.